The lowest BCUT2D eigenvalue weighted by atomic mass is 9.88. The van der Waals surface area contributed by atoms with Gasteiger partial charge in [-0.15, -0.1) is 27.6 Å². The van der Waals surface area contributed by atoms with E-state index in [0.717, 1.165) is 30.6 Å². The second-order valence-corrected chi connectivity index (χ2v) is 11.5. The molecule has 7 rings (SSSR count). The first kappa shape index (κ1) is 25.4. The van der Waals surface area contributed by atoms with Crippen molar-refractivity contribution in [2.75, 3.05) is 0 Å². The monoisotopic (exact) mass is 574 g/mol. The van der Waals surface area contributed by atoms with Crippen LogP contribution in [0.3, 0.4) is 0 Å². The molecule has 42 heavy (non-hydrogen) atoms. The van der Waals surface area contributed by atoms with Crippen LogP contribution in [0.15, 0.2) is 119 Å². The first-order valence-electron chi connectivity index (χ1n) is 13.0. The third kappa shape index (κ3) is 4.42. The van der Waals surface area contributed by atoms with Crippen LogP contribution in [0.4, 0.5) is 0 Å². The van der Waals surface area contributed by atoms with Crippen molar-refractivity contribution in [2.45, 2.75) is 0 Å². The molecule has 3 heterocycles. The lowest BCUT2D eigenvalue weighted by molar-refractivity contribution is 1.16. The fourth-order valence-corrected chi connectivity index (χ4v) is 7.02. The normalized spacial score (nSPS) is 13.8. The highest BCUT2D eigenvalue weighted by Crippen LogP contribution is 2.42. The second kappa shape index (κ2) is 10.8. The number of hydrogen-bond acceptors (Lipinski definition) is 7. The van der Waals surface area contributed by atoms with Crippen LogP contribution in [0.25, 0.3) is 47.0 Å². The second-order valence-electron chi connectivity index (χ2n) is 9.33. The van der Waals surface area contributed by atoms with Crippen LogP contribution in [0.1, 0.15) is 22.5 Å². The summed E-state index contributed by atoms with van der Waals surface area (Å²) in [6.45, 7) is 7.54. The molecule has 0 fully saturated rings. The SMILES string of the molecule is [C-]#[N+]/N=C1/c2ccccc2C(=NC#N)c2nc(-c3ccc(-c4ccccc4)s3)c(-c3ccc(-c4ccccc4)s3)nc21. The highest BCUT2D eigenvalue weighted by Gasteiger charge is 2.33. The first-order valence-corrected chi connectivity index (χ1v) is 14.6. The molecular weight excluding hydrogens is 557 g/mol. The Morgan fingerprint density at radius 1 is 0.571 bits per heavy atom. The summed E-state index contributed by atoms with van der Waals surface area (Å²) < 4.78 is 0. The van der Waals surface area contributed by atoms with E-state index in [2.05, 4.69) is 63.6 Å². The molecule has 8 heteroatoms. The number of aliphatic imine (C=N–C) groups is 1. The van der Waals surface area contributed by atoms with Gasteiger partial charge in [-0.3, -0.25) is 0 Å². The lowest BCUT2D eigenvalue weighted by Crippen LogP contribution is -2.25. The molecule has 0 atom stereocenters. The van der Waals surface area contributed by atoms with Crippen LogP contribution in [-0.2, 0) is 0 Å². The highest BCUT2D eigenvalue weighted by molar-refractivity contribution is 7.19. The largest absolute Gasteiger partial charge is 0.241 e. The van der Waals surface area contributed by atoms with Crippen molar-refractivity contribution in [3.05, 3.63) is 143 Å². The zero-order chi connectivity index (χ0) is 28.5. The molecule has 0 saturated heterocycles. The molecule has 1 aliphatic carbocycles. The van der Waals surface area contributed by atoms with E-state index in [1.54, 1.807) is 22.7 Å². The maximum Gasteiger partial charge on any atom is 0.206 e. The Hall–Kier alpha value is -5.54. The molecule has 0 radical (unpaired) electrons. The predicted molar refractivity (Wildman–Crippen MR) is 169 cm³/mol. The van der Waals surface area contributed by atoms with Gasteiger partial charge >= 0.3 is 0 Å². The number of fused-ring (bicyclic) bond motifs is 2. The quantitative estimate of drug-likeness (QED) is 0.120. The Morgan fingerprint density at radius 2 is 1.02 bits per heavy atom. The van der Waals surface area contributed by atoms with Gasteiger partial charge in [0.05, 0.1) is 14.9 Å². The molecule has 0 aliphatic heterocycles. The van der Waals surface area contributed by atoms with Gasteiger partial charge in [0.25, 0.3) is 0 Å². The molecule has 0 unspecified atom stereocenters. The fraction of sp³-hybridized carbons (Fsp3) is 0. The number of hydrogen-bond donors (Lipinski definition) is 0. The lowest BCUT2D eigenvalue weighted by Gasteiger charge is -2.20. The Morgan fingerprint density at radius 3 is 1.52 bits per heavy atom. The smallest absolute Gasteiger partial charge is 0.206 e. The van der Waals surface area contributed by atoms with E-state index in [4.69, 9.17) is 16.5 Å². The summed E-state index contributed by atoms with van der Waals surface area (Å²) in [5.41, 5.74) is 6.73. The Balaban J connectivity index is 1.49. The molecule has 0 saturated carbocycles. The van der Waals surface area contributed by atoms with E-state index >= 15 is 0 Å². The number of thiophene rings is 2. The van der Waals surface area contributed by atoms with E-state index in [-0.39, 0.29) is 0 Å². The average Bonchev–Trinajstić information content (AvgIpc) is 3.74. The average molecular weight is 575 g/mol. The van der Waals surface area contributed by atoms with Gasteiger partial charge in [-0.2, -0.15) is 16.8 Å². The van der Waals surface area contributed by atoms with Crippen LogP contribution >= 0.6 is 22.7 Å². The van der Waals surface area contributed by atoms with Crippen molar-refractivity contribution in [3.8, 4) is 48.2 Å². The van der Waals surface area contributed by atoms with E-state index in [9.17, 15) is 5.26 Å². The molecule has 6 nitrogen and oxygen atoms in total. The summed E-state index contributed by atoms with van der Waals surface area (Å²) in [7, 11) is 0. The van der Waals surface area contributed by atoms with E-state index < -0.39 is 0 Å². The molecule has 196 valence electrons. The molecule has 3 aromatic carbocycles. The molecule has 0 N–H and O–H groups in total. The van der Waals surface area contributed by atoms with E-state index in [1.807, 2.05) is 66.9 Å². The molecule has 3 aromatic heterocycles. The molecule has 6 aromatic rings. The van der Waals surface area contributed by atoms with Gasteiger partial charge < -0.3 is 0 Å². The van der Waals surface area contributed by atoms with Crippen molar-refractivity contribution < 1.29 is 0 Å². The van der Waals surface area contributed by atoms with Crippen molar-refractivity contribution in [2.24, 2.45) is 10.1 Å². The minimum absolute atomic E-state index is 0.420. The van der Waals surface area contributed by atoms with Gasteiger partial charge in [0.2, 0.25) is 6.19 Å². The summed E-state index contributed by atoms with van der Waals surface area (Å²) in [4.78, 5) is 22.0. The zero-order valence-corrected chi connectivity index (χ0v) is 23.5. The number of benzene rings is 3. The summed E-state index contributed by atoms with van der Waals surface area (Å²) in [5.74, 6) is 0. The molecule has 0 amide bonds. The van der Waals surface area contributed by atoms with Gasteiger partial charge in [0.15, 0.2) is 5.71 Å². The van der Waals surface area contributed by atoms with Crippen LogP contribution in [0.5, 0.6) is 0 Å². The Bertz CT molecular complexity index is 1960. The predicted octanol–water partition coefficient (Wildman–Crippen LogP) is 8.57. The number of rotatable bonds is 4. The first-order chi connectivity index (χ1) is 20.7. The summed E-state index contributed by atoms with van der Waals surface area (Å²) in [6, 6.07) is 36.2. The van der Waals surface area contributed by atoms with Crippen molar-refractivity contribution in [1.29, 1.82) is 5.26 Å². The summed E-state index contributed by atoms with van der Waals surface area (Å²) >= 11 is 3.26. The van der Waals surface area contributed by atoms with Crippen LogP contribution in [0.2, 0.25) is 0 Å². The maximum atomic E-state index is 9.64. The summed E-state index contributed by atoms with van der Waals surface area (Å²) in [5, 5.41) is 13.8. The van der Waals surface area contributed by atoms with Crippen LogP contribution < -0.4 is 0 Å². The van der Waals surface area contributed by atoms with E-state index in [0.29, 0.717) is 45.3 Å². The van der Waals surface area contributed by atoms with Crippen molar-refractivity contribution >= 4 is 34.1 Å². The van der Waals surface area contributed by atoms with Crippen LogP contribution in [-0.4, -0.2) is 21.4 Å². The molecular formula is C34H18N6S2. The van der Waals surface area contributed by atoms with Gasteiger partial charge in [0, 0.05) is 20.9 Å². The highest BCUT2D eigenvalue weighted by atomic mass is 32.1. The zero-order valence-electron chi connectivity index (χ0n) is 21.9. The molecule has 1 aliphatic rings. The fourth-order valence-electron chi connectivity index (χ4n) is 5.02. The van der Waals surface area contributed by atoms with Crippen molar-refractivity contribution in [3.63, 3.8) is 0 Å². The maximum absolute atomic E-state index is 9.64. The van der Waals surface area contributed by atoms with Crippen molar-refractivity contribution in [1.82, 2.24) is 9.97 Å². The molecule has 0 spiro atoms. The van der Waals surface area contributed by atoms with E-state index in [1.165, 1.54) is 0 Å². The van der Waals surface area contributed by atoms with Gasteiger partial charge in [0.1, 0.15) is 28.5 Å². The molecule has 0 bridgehead atoms. The van der Waals surface area contributed by atoms with Gasteiger partial charge in [-0.1, -0.05) is 84.9 Å². The third-order valence-electron chi connectivity index (χ3n) is 6.89. The standard InChI is InChI=1S/C34H18N6S2/c1-36-40-30-24-15-9-8-14-23(24)29(37-20-35)33-34(30)39-32(28-19-17-26(42-28)22-12-6-3-7-13-22)31(38-33)27-18-16-25(41-27)21-10-4-2-5-11-21/h2-19H/b37-29?,40-30-. The summed E-state index contributed by atoms with van der Waals surface area (Å²) in [6.07, 6.45) is 1.94. The minimum Gasteiger partial charge on any atom is -0.241 e. The Kier molecular flexibility index (Phi) is 6.54. The van der Waals surface area contributed by atoms with Gasteiger partial charge in [-0.25, -0.2) is 9.97 Å². The topological polar surface area (TPSA) is 78.6 Å². The van der Waals surface area contributed by atoms with Gasteiger partial charge in [-0.05, 0) is 35.4 Å². The minimum atomic E-state index is 0.420. The number of aromatic nitrogens is 2. The number of nitriles is 1. The number of nitrogens with zero attached hydrogens (tertiary/aromatic N) is 6. The third-order valence-corrected chi connectivity index (χ3v) is 9.17. The van der Waals surface area contributed by atoms with Crippen LogP contribution in [0, 0.1) is 18.0 Å². The Labute approximate surface area is 250 Å².